The maximum Gasteiger partial charge on any atom is 0.231 e. The fraction of sp³-hybridized carbons (Fsp3) is 0.462. The molecule has 1 amide bonds. The van der Waals surface area contributed by atoms with E-state index in [1.165, 1.54) is 0 Å². The summed E-state index contributed by atoms with van der Waals surface area (Å²) in [7, 11) is -0.762. The second-order valence-electron chi connectivity index (χ2n) is 4.37. The molecule has 0 aliphatic carbocycles. The molecule has 1 aromatic carbocycles. The van der Waals surface area contributed by atoms with Gasteiger partial charge in [0.25, 0.3) is 0 Å². The van der Waals surface area contributed by atoms with Crippen LogP contribution in [0.4, 0.5) is 0 Å². The number of nitrogens with two attached hydrogens (primary N) is 1. The van der Waals surface area contributed by atoms with Crippen LogP contribution in [0.25, 0.3) is 0 Å². The van der Waals surface area contributed by atoms with Gasteiger partial charge in [-0.05, 0) is 5.56 Å². The maximum atomic E-state index is 12.4. The Balaban J connectivity index is 2.09. The highest BCUT2D eigenvalue weighted by atomic mass is 32.2. The summed E-state index contributed by atoms with van der Waals surface area (Å²) in [6.07, 6.45) is 0. The zero-order valence-corrected chi connectivity index (χ0v) is 11.1. The molecule has 0 aromatic heterocycles. The number of carbonyl (C=O) groups excluding carboxylic acids is 1. The van der Waals surface area contributed by atoms with Gasteiger partial charge < -0.3 is 10.6 Å². The van der Waals surface area contributed by atoms with Crippen LogP contribution in [0, 0.1) is 0 Å². The van der Waals surface area contributed by atoms with Gasteiger partial charge in [0.05, 0.1) is 5.92 Å². The highest BCUT2D eigenvalue weighted by Crippen LogP contribution is 2.18. The normalized spacial score (nSPS) is 18.6. The van der Waals surface area contributed by atoms with Crippen LogP contribution < -0.4 is 5.73 Å². The van der Waals surface area contributed by atoms with Gasteiger partial charge in [0.15, 0.2) is 0 Å². The van der Waals surface area contributed by atoms with E-state index in [0.717, 1.165) is 5.56 Å². The van der Waals surface area contributed by atoms with Crippen LogP contribution in [0.2, 0.25) is 0 Å². The van der Waals surface area contributed by atoms with Crippen molar-refractivity contribution in [3.05, 3.63) is 35.9 Å². The van der Waals surface area contributed by atoms with Crippen LogP contribution in [0.5, 0.6) is 0 Å². The molecule has 1 saturated heterocycles. The Morgan fingerprint density at radius 1 is 1.28 bits per heavy atom. The Kier molecular flexibility index (Phi) is 4.49. The average molecular weight is 266 g/mol. The molecule has 2 N–H and O–H groups in total. The van der Waals surface area contributed by atoms with Crippen LogP contribution in [-0.4, -0.2) is 46.2 Å². The van der Waals surface area contributed by atoms with Gasteiger partial charge in [-0.3, -0.25) is 9.00 Å². The summed E-state index contributed by atoms with van der Waals surface area (Å²) in [5.74, 6) is 0.938. The van der Waals surface area contributed by atoms with Crippen LogP contribution in [-0.2, 0) is 15.6 Å². The molecule has 0 spiro atoms. The van der Waals surface area contributed by atoms with Gasteiger partial charge in [-0.15, -0.1) is 0 Å². The topological polar surface area (TPSA) is 63.4 Å². The number of hydrogen-bond donors (Lipinski definition) is 1. The first kappa shape index (κ1) is 13.2. The van der Waals surface area contributed by atoms with Gasteiger partial charge in [-0.25, -0.2) is 0 Å². The first-order chi connectivity index (χ1) is 8.72. The van der Waals surface area contributed by atoms with E-state index in [0.29, 0.717) is 31.1 Å². The maximum absolute atomic E-state index is 12.4. The van der Waals surface area contributed by atoms with Gasteiger partial charge in [-0.2, -0.15) is 0 Å². The lowest BCUT2D eigenvalue weighted by atomic mass is 9.98. The van der Waals surface area contributed by atoms with E-state index in [-0.39, 0.29) is 11.8 Å². The zero-order chi connectivity index (χ0) is 13.0. The van der Waals surface area contributed by atoms with Crippen molar-refractivity contribution in [3.8, 4) is 0 Å². The van der Waals surface area contributed by atoms with Crippen LogP contribution in [0.1, 0.15) is 11.5 Å². The van der Waals surface area contributed by atoms with E-state index in [2.05, 4.69) is 0 Å². The van der Waals surface area contributed by atoms with E-state index in [4.69, 9.17) is 5.73 Å². The fourth-order valence-corrected chi connectivity index (χ4v) is 3.20. The number of rotatable bonds is 3. The quantitative estimate of drug-likeness (QED) is 0.857. The Labute approximate surface area is 110 Å². The number of amides is 1. The standard InChI is InChI=1S/C13H18N2O2S/c14-10-12(11-4-2-1-3-5-11)13(16)15-6-8-18(17)9-7-15/h1-5,12H,6-10,14H2. The van der Waals surface area contributed by atoms with Gasteiger partial charge in [0.1, 0.15) is 0 Å². The summed E-state index contributed by atoms with van der Waals surface area (Å²) in [6, 6.07) is 9.60. The second kappa shape index (κ2) is 6.11. The minimum atomic E-state index is -0.762. The summed E-state index contributed by atoms with van der Waals surface area (Å²) in [5.41, 5.74) is 6.69. The summed E-state index contributed by atoms with van der Waals surface area (Å²) in [5, 5.41) is 0. The molecule has 0 saturated carbocycles. The minimum absolute atomic E-state index is 0.0559. The highest BCUT2D eigenvalue weighted by molar-refractivity contribution is 7.85. The molecule has 1 unspecified atom stereocenters. The molecule has 0 radical (unpaired) electrons. The van der Waals surface area contributed by atoms with Crippen molar-refractivity contribution in [2.45, 2.75) is 5.92 Å². The molecule has 1 atom stereocenters. The molecule has 1 heterocycles. The summed E-state index contributed by atoms with van der Waals surface area (Å²) >= 11 is 0. The third kappa shape index (κ3) is 2.97. The predicted octanol–water partition coefficient (Wildman–Crippen LogP) is 0.320. The zero-order valence-electron chi connectivity index (χ0n) is 10.2. The smallest absolute Gasteiger partial charge is 0.231 e. The molecule has 4 nitrogen and oxygen atoms in total. The number of benzene rings is 1. The Hall–Kier alpha value is -1.20. The van der Waals surface area contributed by atoms with E-state index < -0.39 is 10.8 Å². The highest BCUT2D eigenvalue weighted by Gasteiger charge is 2.27. The van der Waals surface area contributed by atoms with E-state index in [1.807, 2.05) is 30.3 Å². The fourth-order valence-electron chi connectivity index (χ4n) is 2.14. The van der Waals surface area contributed by atoms with Crippen molar-refractivity contribution >= 4 is 16.7 Å². The van der Waals surface area contributed by atoms with Crippen LogP contribution in [0.3, 0.4) is 0 Å². The minimum Gasteiger partial charge on any atom is -0.340 e. The summed E-state index contributed by atoms with van der Waals surface area (Å²) < 4.78 is 11.3. The van der Waals surface area contributed by atoms with E-state index >= 15 is 0 Å². The largest absolute Gasteiger partial charge is 0.340 e. The van der Waals surface area contributed by atoms with Gasteiger partial charge in [0, 0.05) is 41.9 Å². The number of carbonyl (C=O) groups is 1. The Bertz CT molecular complexity index is 426. The van der Waals surface area contributed by atoms with E-state index in [9.17, 15) is 9.00 Å². The van der Waals surface area contributed by atoms with Crippen molar-refractivity contribution < 1.29 is 9.00 Å². The van der Waals surface area contributed by atoms with Crippen molar-refractivity contribution in [1.29, 1.82) is 0 Å². The van der Waals surface area contributed by atoms with E-state index in [1.54, 1.807) is 4.90 Å². The second-order valence-corrected chi connectivity index (χ2v) is 6.07. The number of nitrogens with zero attached hydrogens (tertiary/aromatic N) is 1. The van der Waals surface area contributed by atoms with Crippen LogP contribution in [0.15, 0.2) is 30.3 Å². The molecule has 5 heteroatoms. The van der Waals surface area contributed by atoms with Crippen molar-refractivity contribution in [1.82, 2.24) is 4.90 Å². The van der Waals surface area contributed by atoms with Crippen LogP contribution >= 0.6 is 0 Å². The van der Waals surface area contributed by atoms with Gasteiger partial charge in [-0.1, -0.05) is 30.3 Å². The first-order valence-corrected chi connectivity index (χ1v) is 7.60. The monoisotopic (exact) mass is 266 g/mol. The lowest BCUT2D eigenvalue weighted by molar-refractivity contribution is -0.132. The third-order valence-corrected chi connectivity index (χ3v) is 4.50. The molecule has 18 heavy (non-hydrogen) atoms. The molecule has 1 aliphatic heterocycles. The lowest BCUT2D eigenvalue weighted by Gasteiger charge is -2.29. The van der Waals surface area contributed by atoms with Gasteiger partial charge in [0.2, 0.25) is 5.91 Å². The third-order valence-electron chi connectivity index (χ3n) is 3.23. The molecule has 98 valence electrons. The SMILES string of the molecule is NCC(C(=O)N1CCS(=O)CC1)c1ccccc1. The Morgan fingerprint density at radius 3 is 2.44 bits per heavy atom. The average Bonchev–Trinajstić information content (AvgIpc) is 2.41. The molecule has 1 fully saturated rings. The predicted molar refractivity (Wildman–Crippen MR) is 72.7 cm³/mol. The van der Waals surface area contributed by atoms with Crippen molar-refractivity contribution in [2.75, 3.05) is 31.1 Å². The van der Waals surface area contributed by atoms with Crippen molar-refractivity contribution in [2.24, 2.45) is 5.73 Å². The molecule has 1 aliphatic rings. The molecule has 1 aromatic rings. The summed E-state index contributed by atoms with van der Waals surface area (Å²) in [4.78, 5) is 14.2. The molecule has 0 bridgehead atoms. The molecular formula is C13H18N2O2S. The molecular weight excluding hydrogens is 248 g/mol. The van der Waals surface area contributed by atoms with Gasteiger partial charge >= 0.3 is 0 Å². The first-order valence-electron chi connectivity index (χ1n) is 6.11. The summed E-state index contributed by atoms with van der Waals surface area (Å²) in [6.45, 7) is 1.46. The number of hydrogen-bond acceptors (Lipinski definition) is 3. The molecule has 2 rings (SSSR count). The van der Waals surface area contributed by atoms with Crippen molar-refractivity contribution in [3.63, 3.8) is 0 Å². The lowest BCUT2D eigenvalue weighted by Crippen LogP contribution is -2.45. The Morgan fingerprint density at radius 2 is 1.89 bits per heavy atom.